The molecule has 2 aromatic carbocycles. The third-order valence-electron chi connectivity index (χ3n) is 3.80. The molecule has 0 aliphatic heterocycles. The summed E-state index contributed by atoms with van der Waals surface area (Å²) in [6.45, 7) is 0.393. The molecule has 1 amide bonds. The average molecular weight is 402 g/mol. The van der Waals surface area contributed by atoms with Crippen molar-refractivity contribution in [2.75, 3.05) is 0 Å². The number of benzene rings is 2. The molecule has 0 spiro atoms. The summed E-state index contributed by atoms with van der Waals surface area (Å²) in [7, 11) is 0. The lowest BCUT2D eigenvalue weighted by Gasteiger charge is -2.25. The summed E-state index contributed by atoms with van der Waals surface area (Å²) in [4.78, 5) is 19.7. The maximum absolute atomic E-state index is 11.5. The molecular formula is C19H16ClN3O3S. The van der Waals surface area contributed by atoms with Crippen LogP contribution in [-0.2, 0) is 6.61 Å². The number of ether oxygens (including phenoxy) is 1. The lowest BCUT2D eigenvalue weighted by Crippen LogP contribution is -2.27. The van der Waals surface area contributed by atoms with Crippen LogP contribution >= 0.6 is 24.4 Å². The van der Waals surface area contributed by atoms with Crippen LogP contribution in [-0.4, -0.2) is 25.5 Å². The summed E-state index contributed by atoms with van der Waals surface area (Å²) < 4.78 is 6.67. The molecule has 0 radical (unpaired) electrons. The summed E-state index contributed by atoms with van der Waals surface area (Å²) in [6.07, 6.45) is 1.65. The van der Waals surface area contributed by atoms with E-state index in [1.807, 2.05) is 30.3 Å². The molecule has 8 heteroatoms. The highest BCUT2D eigenvalue weighted by molar-refractivity contribution is 7.78. The van der Waals surface area contributed by atoms with Crippen LogP contribution in [0.1, 0.15) is 22.9 Å². The third kappa shape index (κ3) is 4.69. The van der Waals surface area contributed by atoms with E-state index >= 15 is 0 Å². The molecule has 0 bridgehead atoms. The number of nitrogens with zero attached hydrogens (tertiary/aromatic N) is 3. The first-order valence-electron chi connectivity index (χ1n) is 8.00. The van der Waals surface area contributed by atoms with Gasteiger partial charge in [-0.1, -0.05) is 66.9 Å². The van der Waals surface area contributed by atoms with Crippen molar-refractivity contribution in [1.82, 2.24) is 14.3 Å². The summed E-state index contributed by atoms with van der Waals surface area (Å²) in [6, 6.07) is 16.0. The maximum Gasteiger partial charge on any atom is 0.418 e. The number of aromatic nitrogens is 2. The van der Waals surface area contributed by atoms with Crippen molar-refractivity contribution >= 4 is 30.5 Å². The van der Waals surface area contributed by atoms with Gasteiger partial charge in [-0.2, -0.15) is 0 Å². The SMILES string of the molecule is O=C(O)N(S)C(c1cccc(OCc2ccccc2)c1)c1nccnc1Cl. The number of thiol groups is 1. The highest BCUT2D eigenvalue weighted by Crippen LogP contribution is 2.33. The molecule has 1 heterocycles. The normalized spacial score (nSPS) is 11.6. The minimum Gasteiger partial charge on any atom is -0.489 e. The summed E-state index contributed by atoms with van der Waals surface area (Å²) in [5.74, 6) is 0.591. The van der Waals surface area contributed by atoms with Crippen LogP contribution in [0, 0.1) is 0 Å². The fourth-order valence-corrected chi connectivity index (χ4v) is 3.01. The number of hydrogen-bond acceptors (Lipinski definition) is 5. The molecule has 0 fully saturated rings. The zero-order chi connectivity index (χ0) is 19.2. The van der Waals surface area contributed by atoms with Crippen molar-refractivity contribution in [3.63, 3.8) is 0 Å². The molecule has 0 saturated heterocycles. The highest BCUT2D eigenvalue weighted by atomic mass is 35.5. The Balaban J connectivity index is 1.91. The van der Waals surface area contributed by atoms with Crippen molar-refractivity contribution in [3.05, 3.63) is 89.0 Å². The Morgan fingerprint density at radius 3 is 2.59 bits per heavy atom. The molecule has 3 rings (SSSR count). The third-order valence-corrected chi connectivity index (χ3v) is 4.49. The first kappa shape index (κ1) is 19.0. The minimum atomic E-state index is -1.24. The Hall–Kier alpha value is -2.77. The van der Waals surface area contributed by atoms with Gasteiger partial charge in [0.25, 0.3) is 0 Å². The Labute approximate surface area is 167 Å². The number of rotatable bonds is 6. The minimum absolute atomic E-state index is 0.110. The molecule has 0 aliphatic carbocycles. The number of hydrogen-bond donors (Lipinski definition) is 2. The average Bonchev–Trinajstić information content (AvgIpc) is 2.69. The highest BCUT2D eigenvalue weighted by Gasteiger charge is 2.28. The van der Waals surface area contributed by atoms with Crippen LogP contribution in [0.2, 0.25) is 5.15 Å². The molecule has 0 saturated carbocycles. The zero-order valence-corrected chi connectivity index (χ0v) is 15.7. The predicted octanol–water partition coefficient (Wildman–Crippen LogP) is 4.62. The second-order valence-electron chi connectivity index (χ2n) is 5.61. The smallest absolute Gasteiger partial charge is 0.418 e. The molecular weight excluding hydrogens is 386 g/mol. The Bertz CT molecular complexity index is 927. The molecule has 1 aromatic heterocycles. The van der Waals surface area contributed by atoms with Gasteiger partial charge in [0.2, 0.25) is 0 Å². The van der Waals surface area contributed by atoms with Gasteiger partial charge in [0, 0.05) is 12.4 Å². The van der Waals surface area contributed by atoms with Crippen LogP contribution in [0.3, 0.4) is 0 Å². The van der Waals surface area contributed by atoms with E-state index in [1.165, 1.54) is 12.4 Å². The van der Waals surface area contributed by atoms with Gasteiger partial charge in [-0.3, -0.25) is 4.98 Å². The monoisotopic (exact) mass is 401 g/mol. The largest absolute Gasteiger partial charge is 0.489 e. The van der Waals surface area contributed by atoms with Crippen molar-refractivity contribution in [1.29, 1.82) is 0 Å². The molecule has 1 N–H and O–H groups in total. The van der Waals surface area contributed by atoms with E-state index in [-0.39, 0.29) is 10.8 Å². The number of amides is 1. The Kier molecular flexibility index (Phi) is 6.16. The lowest BCUT2D eigenvalue weighted by molar-refractivity contribution is 0.169. The van der Waals surface area contributed by atoms with E-state index in [2.05, 4.69) is 22.8 Å². The van der Waals surface area contributed by atoms with Crippen molar-refractivity contribution in [2.24, 2.45) is 0 Å². The van der Waals surface area contributed by atoms with E-state index in [4.69, 9.17) is 16.3 Å². The van der Waals surface area contributed by atoms with E-state index in [0.717, 1.165) is 9.87 Å². The van der Waals surface area contributed by atoms with Gasteiger partial charge < -0.3 is 9.84 Å². The Morgan fingerprint density at radius 2 is 1.89 bits per heavy atom. The first-order valence-corrected chi connectivity index (χ1v) is 8.78. The number of carbonyl (C=O) groups is 1. The molecule has 1 unspecified atom stereocenters. The van der Waals surface area contributed by atoms with Gasteiger partial charge in [0.15, 0.2) is 5.15 Å². The van der Waals surface area contributed by atoms with Gasteiger partial charge in [-0.05, 0) is 23.3 Å². The van der Waals surface area contributed by atoms with E-state index < -0.39 is 12.1 Å². The fourth-order valence-electron chi connectivity index (χ4n) is 2.56. The van der Waals surface area contributed by atoms with Crippen LogP contribution in [0.5, 0.6) is 5.75 Å². The molecule has 6 nitrogen and oxygen atoms in total. The topological polar surface area (TPSA) is 75.5 Å². The predicted molar refractivity (Wildman–Crippen MR) is 105 cm³/mol. The quantitative estimate of drug-likeness (QED) is 0.589. The molecule has 138 valence electrons. The van der Waals surface area contributed by atoms with Crippen LogP contribution < -0.4 is 4.74 Å². The summed E-state index contributed by atoms with van der Waals surface area (Å²) in [5.41, 5.74) is 1.93. The number of carboxylic acid groups (broad SMARTS) is 1. The van der Waals surface area contributed by atoms with Gasteiger partial charge in [0.1, 0.15) is 24.1 Å². The standard InChI is InChI=1S/C19H16ClN3O3S/c20-18-16(21-9-10-22-18)17(23(27)19(24)25)14-7-4-8-15(11-14)26-12-13-5-2-1-3-6-13/h1-11,17,27H,12H2,(H,24,25). The van der Waals surface area contributed by atoms with Crippen LogP contribution in [0.25, 0.3) is 0 Å². The second kappa shape index (κ2) is 8.75. The van der Waals surface area contributed by atoms with Crippen molar-refractivity contribution in [3.8, 4) is 5.75 Å². The summed E-state index contributed by atoms with van der Waals surface area (Å²) in [5, 5.41) is 9.52. The van der Waals surface area contributed by atoms with E-state index in [0.29, 0.717) is 17.9 Å². The van der Waals surface area contributed by atoms with Gasteiger partial charge in [-0.25, -0.2) is 14.1 Å². The molecule has 3 aromatic rings. The van der Waals surface area contributed by atoms with Crippen molar-refractivity contribution in [2.45, 2.75) is 12.6 Å². The molecule has 0 aliphatic rings. The summed E-state index contributed by atoms with van der Waals surface area (Å²) >= 11 is 10.2. The fraction of sp³-hybridized carbons (Fsp3) is 0.105. The van der Waals surface area contributed by atoms with Crippen LogP contribution in [0.15, 0.2) is 67.0 Å². The molecule has 1 atom stereocenters. The maximum atomic E-state index is 11.5. The Morgan fingerprint density at radius 1 is 1.15 bits per heavy atom. The van der Waals surface area contributed by atoms with Gasteiger partial charge in [0.05, 0.1) is 0 Å². The van der Waals surface area contributed by atoms with E-state index in [1.54, 1.807) is 24.3 Å². The van der Waals surface area contributed by atoms with Crippen LogP contribution in [0.4, 0.5) is 4.79 Å². The van der Waals surface area contributed by atoms with Gasteiger partial charge in [-0.15, -0.1) is 0 Å². The lowest BCUT2D eigenvalue weighted by atomic mass is 10.0. The number of halogens is 1. The second-order valence-corrected chi connectivity index (χ2v) is 6.40. The van der Waals surface area contributed by atoms with Crippen molar-refractivity contribution < 1.29 is 14.6 Å². The van der Waals surface area contributed by atoms with E-state index in [9.17, 15) is 9.90 Å². The first-order chi connectivity index (χ1) is 13.1. The van der Waals surface area contributed by atoms with Gasteiger partial charge >= 0.3 is 6.09 Å². The molecule has 27 heavy (non-hydrogen) atoms. The zero-order valence-electron chi connectivity index (χ0n) is 14.1.